The summed E-state index contributed by atoms with van der Waals surface area (Å²) in [6.45, 7) is 9.48. The van der Waals surface area contributed by atoms with Crippen LogP contribution in [-0.4, -0.2) is 26.4 Å². The van der Waals surface area contributed by atoms with E-state index in [0.717, 1.165) is 26.4 Å². The maximum Gasteiger partial charge on any atom is 0.0700 e. The summed E-state index contributed by atoms with van der Waals surface area (Å²) in [6, 6.07) is 0. The van der Waals surface area contributed by atoms with Crippen molar-refractivity contribution in [2.75, 3.05) is 26.4 Å². The maximum atomic E-state index is 5.36. The molecular formula is C9H20O2. The van der Waals surface area contributed by atoms with Crippen molar-refractivity contribution in [3.8, 4) is 0 Å². The zero-order valence-electron chi connectivity index (χ0n) is 7.93. The van der Waals surface area contributed by atoms with Gasteiger partial charge >= 0.3 is 0 Å². The number of ether oxygens (including phenoxy) is 2. The van der Waals surface area contributed by atoms with Crippen LogP contribution in [0.3, 0.4) is 0 Å². The Morgan fingerprint density at radius 3 is 2.27 bits per heavy atom. The molecule has 0 saturated heterocycles. The Morgan fingerprint density at radius 1 is 1.09 bits per heavy atom. The van der Waals surface area contributed by atoms with E-state index in [4.69, 9.17) is 9.47 Å². The topological polar surface area (TPSA) is 18.5 Å². The van der Waals surface area contributed by atoms with Gasteiger partial charge in [0.25, 0.3) is 0 Å². The highest BCUT2D eigenvalue weighted by Gasteiger charge is 1.96. The Hall–Kier alpha value is -0.0800. The van der Waals surface area contributed by atoms with E-state index in [9.17, 15) is 0 Å². The van der Waals surface area contributed by atoms with E-state index in [-0.39, 0.29) is 0 Å². The van der Waals surface area contributed by atoms with E-state index in [2.05, 4.69) is 13.8 Å². The molecule has 2 heteroatoms. The lowest BCUT2D eigenvalue weighted by Crippen LogP contribution is -2.09. The average Bonchev–Trinajstić information content (AvgIpc) is 2.04. The molecule has 0 N–H and O–H groups in total. The van der Waals surface area contributed by atoms with Gasteiger partial charge in [-0.25, -0.2) is 0 Å². The van der Waals surface area contributed by atoms with Gasteiger partial charge in [0.2, 0.25) is 0 Å². The fourth-order valence-corrected chi connectivity index (χ4v) is 0.665. The molecule has 0 aromatic rings. The van der Waals surface area contributed by atoms with Crippen molar-refractivity contribution >= 4 is 0 Å². The molecule has 0 heterocycles. The van der Waals surface area contributed by atoms with E-state index < -0.39 is 0 Å². The van der Waals surface area contributed by atoms with Gasteiger partial charge in [0.05, 0.1) is 13.2 Å². The molecule has 1 atom stereocenters. The molecule has 0 aromatic carbocycles. The van der Waals surface area contributed by atoms with Gasteiger partial charge in [0.1, 0.15) is 0 Å². The summed E-state index contributed by atoms with van der Waals surface area (Å²) in [5.41, 5.74) is 0. The second-order valence-electron chi connectivity index (χ2n) is 2.79. The van der Waals surface area contributed by atoms with Crippen LogP contribution in [0.25, 0.3) is 0 Å². The lowest BCUT2D eigenvalue weighted by Gasteiger charge is -2.08. The molecule has 68 valence electrons. The van der Waals surface area contributed by atoms with Crippen LogP contribution in [0.1, 0.15) is 27.2 Å². The molecular weight excluding hydrogens is 140 g/mol. The summed E-state index contributed by atoms with van der Waals surface area (Å²) in [6.07, 6.45) is 1.19. The molecule has 1 unspecified atom stereocenters. The van der Waals surface area contributed by atoms with Crippen molar-refractivity contribution in [3.05, 3.63) is 0 Å². The van der Waals surface area contributed by atoms with Gasteiger partial charge in [0, 0.05) is 13.2 Å². The third kappa shape index (κ3) is 7.82. The Labute approximate surface area is 69.9 Å². The third-order valence-corrected chi connectivity index (χ3v) is 1.68. The Morgan fingerprint density at radius 2 is 1.73 bits per heavy atom. The predicted octanol–water partition coefficient (Wildman–Crippen LogP) is 2.09. The first-order valence-electron chi connectivity index (χ1n) is 4.46. The van der Waals surface area contributed by atoms with Crippen molar-refractivity contribution in [1.82, 2.24) is 0 Å². The minimum Gasteiger partial charge on any atom is -0.379 e. The fraction of sp³-hybridized carbons (Fsp3) is 1.00. The van der Waals surface area contributed by atoms with Crippen LogP contribution in [-0.2, 0) is 9.47 Å². The molecule has 0 spiro atoms. The second kappa shape index (κ2) is 8.02. The Balaban J connectivity index is 2.89. The van der Waals surface area contributed by atoms with Crippen molar-refractivity contribution in [1.29, 1.82) is 0 Å². The lowest BCUT2D eigenvalue weighted by molar-refractivity contribution is 0.0394. The summed E-state index contributed by atoms with van der Waals surface area (Å²) >= 11 is 0. The molecule has 0 fully saturated rings. The largest absolute Gasteiger partial charge is 0.379 e. The Kier molecular flexibility index (Phi) is 7.96. The first kappa shape index (κ1) is 10.9. The summed E-state index contributed by atoms with van der Waals surface area (Å²) in [5.74, 6) is 0.677. The quantitative estimate of drug-likeness (QED) is 0.531. The minimum atomic E-state index is 0.677. The number of hydrogen-bond acceptors (Lipinski definition) is 2. The van der Waals surface area contributed by atoms with E-state index in [1.54, 1.807) is 0 Å². The van der Waals surface area contributed by atoms with Crippen LogP contribution in [0.2, 0.25) is 0 Å². The van der Waals surface area contributed by atoms with Crippen LogP contribution >= 0.6 is 0 Å². The average molecular weight is 160 g/mol. The minimum absolute atomic E-state index is 0.677. The molecule has 2 nitrogen and oxygen atoms in total. The number of rotatable bonds is 7. The van der Waals surface area contributed by atoms with Gasteiger partial charge in [-0.15, -0.1) is 0 Å². The van der Waals surface area contributed by atoms with Crippen molar-refractivity contribution in [3.63, 3.8) is 0 Å². The highest BCUT2D eigenvalue weighted by atomic mass is 16.5. The normalized spacial score (nSPS) is 13.4. The third-order valence-electron chi connectivity index (χ3n) is 1.68. The monoisotopic (exact) mass is 160 g/mol. The fourth-order valence-electron chi connectivity index (χ4n) is 0.665. The Bertz CT molecular complexity index is 74.0. The molecule has 0 aliphatic heterocycles. The van der Waals surface area contributed by atoms with E-state index in [0.29, 0.717) is 5.92 Å². The van der Waals surface area contributed by atoms with Gasteiger partial charge in [-0.05, 0) is 12.8 Å². The SMILES string of the molecule is CCOCCOCC(C)CC. The van der Waals surface area contributed by atoms with Crippen LogP contribution in [0.15, 0.2) is 0 Å². The molecule has 11 heavy (non-hydrogen) atoms. The van der Waals surface area contributed by atoms with Crippen LogP contribution in [0.5, 0.6) is 0 Å². The van der Waals surface area contributed by atoms with Crippen LogP contribution < -0.4 is 0 Å². The summed E-state index contributed by atoms with van der Waals surface area (Å²) < 4.78 is 10.5. The highest BCUT2D eigenvalue weighted by Crippen LogP contribution is 1.99. The summed E-state index contributed by atoms with van der Waals surface area (Å²) in [5, 5.41) is 0. The highest BCUT2D eigenvalue weighted by molar-refractivity contribution is 4.45. The molecule has 0 amide bonds. The van der Waals surface area contributed by atoms with Crippen molar-refractivity contribution in [2.24, 2.45) is 5.92 Å². The first-order valence-corrected chi connectivity index (χ1v) is 4.46. The van der Waals surface area contributed by atoms with Gasteiger partial charge < -0.3 is 9.47 Å². The standard InChI is InChI=1S/C9H20O2/c1-4-9(3)8-11-7-6-10-5-2/h9H,4-8H2,1-3H3. The van der Waals surface area contributed by atoms with Gasteiger partial charge in [-0.1, -0.05) is 20.3 Å². The lowest BCUT2D eigenvalue weighted by atomic mass is 10.1. The number of hydrogen-bond donors (Lipinski definition) is 0. The molecule has 0 saturated carbocycles. The molecule has 0 aromatic heterocycles. The zero-order chi connectivity index (χ0) is 8.53. The van der Waals surface area contributed by atoms with Crippen molar-refractivity contribution < 1.29 is 9.47 Å². The van der Waals surface area contributed by atoms with Crippen molar-refractivity contribution in [2.45, 2.75) is 27.2 Å². The van der Waals surface area contributed by atoms with Gasteiger partial charge in [0.15, 0.2) is 0 Å². The predicted molar refractivity (Wildman–Crippen MR) is 46.8 cm³/mol. The molecule has 0 aliphatic rings. The van der Waals surface area contributed by atoms with Gasteiger partial charge in [-0.3, -0.25) is 0 Å². The van der Waals surface area contributed by atoms with Crippen LogP contribution in [0, 0.1) is 5.92 Å². The van der Waals surface area contributed by atoms with E-state index in [1.165, 1.54) is 6.42 Å². The first-order chi connectivity index (χ1) is 5.31. The van der Waals surface area contributed by atoms with Crippen LogP contribution in [0.4, 0.5) is 0 Å². The van der Waals surface area contributed by atoms with Gasteiger partial charge in [-0.2, -0.15) is 0 Å². The zero-order valence-corrected chi connectivity index (χ0v) is 7.93. The van der Waals surface area contributed by atoms with E-state index in [1.807, 2.05) is 6.92 Å². The second-order valence-corrected chi connectivity index (χ2v) is 2.79. The molecule has 0 bridgehead atoms. The van der Waals surface area contributed by atoms with E-state index >= 15 is 0 Å². The molecule has 0 rings (SSSR count). The smallest absolute Gasteiger partial charge is 0.0700 e. The summed E-state index contributed by atoms with van der Waals surface area (Å²) in [4.78, 5) is 0. The molecule has 0 aliphatic carbocycles. The maximum absolute atomic E-state index is 5.36. The molecule has 0 radical (unpaired) electrons. The summed E-state index contributed by atoms with van der Waals surface area (Å²) in [7, 11) is 0.